The van der Waals surface area contributed by atoms with Crippen LogP contribution in [0.15, 0.2) is 35.7 Å². The van der Waals surface area contributed by atoms with E-state index < -0.39 is 0 Å². The molecule has 0 bridgehead atoms. The van der Waals surface area contributed by atoms with E-state index in [1.54, 1.807) is 6.07 Å². The summed E-state index contributed by atoms with van der Waals surface area (Å²) in [6.45, 7) is 8.87. The lowest BCUT2D eigenvalue weighted by Crippen LogP contribution is -2.22. The Morgan fingerprint density at radius 2 is 1.70 bits per heavy atom. The van der Waals surface area contributed by atoms with E-state index in [4.69, 9.17) is 0 Å². The van der Waals surface area contributed by atoms with Crippen LogP contribution < -0.4 is 5.32 Å². The van der Waals surface area contributed by atoms with E-state index in [1.807, 2.05) is 5.38 Å². The molecule has 124 valence electrons. The van der Waals surface area contributed by atoms with Crippen LogP contribution in [0.25, 0.3) is 0 Å². The fourth-order valence-corrected chi connectivity index (χ4v) is 3.10. The van der Waals surface area contributed by atoms with Crippen LogP contribution in [-0.2, 0) is 19.6 Å². The van der Waals surface area contributed by atoms with Crippen molar-refractivity contribution in [3.05, 3.63) is 62.5 Å². The fraction of sp³-hybridized carbons (Fsp3) is 0.412. The molecule has 1 N–H and O–H groups in total. The molecule has 0 aliphatic rings. The molecule has 0 atom stereocenters. The molecule has 0 amide bonds. The van der Waals surface area contributed by atoms with Crippen molar-refractivity contribution in [3.63, 3.8) is 0 Å². The molecule has 1 heterocycles. The predicted octanol–water partition coefficient (Wildman–Crippen LogP) is 3.79. The summed E-state index contributed by atoms with van der Waals surface area (Å²) in [5, 5.41) is 16.0. The number of thiophene rings is 1. The van der Waals surface area contributed by atoms with Crippen molar-refractivity contribution in [2.75, 3.05) is 13.1 Å². The van der Waals surface area contributed by atoms with Gasteiger partial charge in [0.25, 0.3) is 0 Å². The molecule has 2 rings (SSSR count). The average Bonchev–Trinajstić information content (AvgIpc) is 3.03. The van der Waals surface area contributed by atoms with Gasteiger partial charge in [0.05, 0.1) is 4.92 Å². The van der Waals surface area contributed by atoms with Gasteiger partial charge in [0.1, 0.15) is 0 Å². The first-order valence-electron chi connectivity index (χ1n) is 7.85. The molecule has 23 heavy (non-hydrogen) atoms. The van der Waals surface area contributed by atoms with Gasteiger partial charge < -0.3 is 5.32 Å². The first kappa shape index (κ1) is 17.6. The SMILES string of the molecule is CCN(CC)Cc1ccc(CNCc2csc([N+](=O)[O-])c2)cc1. The number of nitrogens with one attached hydrogen (secondary N) is 1. The first-order valence-corrected chi connectivity index (χ1v) is 8.73. The summed E-state index contributed by atoms with van der Waals surface area (Å²) in [7, 11) is 0. The highest BCUT2D eigenvalue weighted by Gasteiger charge is 2.09. The summed E-state index contributed by atoms with van der Waals surface area (Å²) >= 11 is 1.17. The molecule has 0 saturated heterocycles. The van der Waals surface area contributed by atoms with E-state index >= 15 is 0 Å². The zero-order valence-corrected chi connectivity index (χ0v) is 14.4. The van der Waals surface area contributed by atoms with Crippen LogP contribution in [0.3, 0.4) is 0 Å². The van der Waals surface area contributed by atoms with Crippen molar-refractivity contribution < 1.29 is 4.92 Å². The Bertz CT molecular complexity index is 621. The van der Waals surface area contributed by atoms with E-state index in [0.717, 1.165) is 31.7 Å². The Balaban J connectivity index is 1.80. The number of hydrogen-bond acceptors (Lipinski definition) is 5. The molecular weight excluding hydrogens is 310 g/mol. The number of nitrogens with zero attached hydrogens (tertiary/aromatic N) is 2. The zero-order chi connectivity index (χ0) is 16.7. The van der Waals surface area contributed by atoms with Crippen LogP contribution in [0.5, 0.6) is 0 Å². The van der Waals surface area contributed by atoms with Crippen molar-refractivity contribution in [3.8, 4) is 0 Å². The summed E-state index contributed by atoms with van der Waals surface area (Å²) in [4.78, 5) is 12.7. The Morgan fingerprint density at radius 1 is 1.09 bits per heavy atom. The van der Waals surface area contributed by atoms with Crippen molar-refractivity contribution in [1.82, 2.24) is 10.2 Å². The highest BCUT2D eigenvalue weighted by molar-refractivity contribution is 7.13. The van der Waals surface area contributed by atoms with Crippen LogP contribution in [-0.4, -0.2) is 22.9 Å². The molecule has 0 aliphatic carbocycles. The summed E-state index contributed by atoms with van der Waals surface area (Å²) in [6, 6.07) is 10.3. The van der Waals surface area contributed by atoms with Crippen molar-refractivity contribution in [2.45, 2.75) is 33.5 Å². The minimum atomic E-state index is -0.344. The van der Waals surface area contributed by atoms with Crippen LogP contribution in [0.4, 0.5) is 5.00 Å². The molecule has 5 nitrogen and oxygen atoms in total. The standard InChI is InChI=1S/C17H23N3O2S/c1-3-19(4-2)12-15-7-5-14(6-8-15)10-18-11-16-9-17(20(21)22)23-13-16/h5-9,13,18H,3-4,10-12H2,1-2H3. The van der Waals surface area contributed by atoms with Gasteiger partial charge in [0.2, 0.25) is 0 Å². The molecule has 1 aromatic carbocycles. The minimum absolute atomic E-state index is 0.197. The lowest BCUT2D eigenvalue weighted by molar-refractivity contribution is -0.380. The highest BCUT2D eigenvalue weighted by Crippen LogP contribution is 2.22. The lowest BCUT2D eigenvalue weighted by atomic mass is 10.1. The van der Waals surface area contributed by atoms with Gasteiger partial charge >= 0.3 is 5.00 Å². The van der Waals surface area contributed by atoms with E-state index in [1.165, 1.54) is 22.5 Å². The predicted molar refractivity (Wildman–Crippen MR) is 94.6 cm³/mol. The average molecular weight is 333 g/mol. The second-order valence-electron chi connectivity index (χ2n) is 5.43. The van der Waals surface area contributed by atoms with Gasteiger partial charge in [-0.1, -0.05) is 49.4 Å². The van der Waals surface area contributed by atoms with Gasteiger partial charge in [-0.2, -0.15) is 0 Å². The maximum absolute atomic E-state index is 10.7. The molecule has 0 aliphatic heterocycles. The molecule has 0 unspecified atom stereocenters. The first-order chi connectivity index (χ1) is 11.1. The number of rotatable bonds is 9. The Morgan fingerprint density at radius 3 is 2.26 bits per heavy atom. The third-order valence-corrected chi connectivity index (χ3v) is 4.73. The Labute approximate surface area is 141 Å². The maximum Gasteiger partial charge on any atom is 0.324 e. The molecule has 0 spiro atoms. The van der Waals surface area contributed by atoms with Crippen LogP contribution in [0.2, 0.25) is 0 Å². The topological polar surface area (TPSA) is 58.4 Å². The van der Waals surface area contributed by atoms with Gasteiger partial charge in [0, 0.05) is 31.1 Å². The van der Waals surface area contributed by atoms with E-state index in [-0.39, 0.29) is 9.92 Å². The zero-order valence-electron chi connectivity index (χ0n) is 13.6. The lowest BCUT2D eigenvalue weighted by Gasteiger charge is -2.18. The quantitative estimate of drug-likeness (QED) is 0.560. The largest absolute Gasteiger partial charge is 0.324 e. The summed E-state index contributed by atoms with van der Waals surface area (Å²) in [5.74, 6) is 0. The summed E-state index contributed by atoms with van der Waals surface area (Å²) in [5.41, 5.74) is 3.50. The van der Waals surface area contributed by atoms with E-state index in [0.29, 0.717) is 6.54 Å². The van der Waals surface area contributed by atoms with Gasteiger partial charge in [-0.3, -0.25) is 15.0 Å². The number of benzene rings is 1. The maximum atomic E-state index is 10.7. The highest BCUT2D eigenvalue weighted by atomic mass is 32.1. The van der Waals surface area contributed by atoms with E-state index in [2.05, 4.69) is 48.3 Å². The van der Waals surface area contributed by atoms with Crippen molar-refractivity contribution >= 4 is 16.3 Å². The third kappa shape index (κ3) is 5.42. The van der Waals surface area contributed by atoms with Crippen LogP contribution in [0.1, 0.15) is 30.5 Å². The van der Waals surface area contributed by atoms with Crippen molar-refractivity contribution in [1.29, 1.82) is 0 Å². The summed E-state index contributed by atoms with van der Waals surface area (Å²) in [6.07, 6.45) is 0. The number of hydrogen-bond donors (Lipinski definition) is 1. The number of nitro groups is 1. The second-order valence-corrected chi connectivity index (χ2v) is 6.32. The molecule has 2 aromatic rings. The normalized spacial score (nSPS) is 11.1. The third-order valence-electron chi connectivity index (χ3n) is 3.80. The van der Waals surface area contributed by atoms with Gasteiger partial charge in [-0.05, 0) is 29.8 Å². The minimum Gasteiger partial charge on any atom is -0.309 e. The molecule has 0 saturated carbocycles. The van der Waals surface area contributed by atoms with E-state index in [9.17, 15) is 10.1 Å². The molecule has 0 radical (unpaired) electrons. The monoisotopic (exact) mass is 333 g/mol. The Kier molecular flexibility index (Phi) is 6.70. The van der Waals surface area contributed by atoms with Gasteiger partial charge in [-0.25, -0.2) is 0 Å². The molecule has 6 heteroatoms. The van der Waals surface area contributed by atoms with Crippen LogP contribution in [0, 0.1) is 10.1 Å². The molecule has 1 aromatic heterocycles. The second kappa shape index (κ2) is 8.76. The van der Waals surface area contributed by atoms with Crippen LogP contribution >= 0.6 is 11.3 Å². The van der Waals surface area contributed by atoms with Gasteiger partial charge in [-0.15, -0.1) is 0 Å². The molecule has 0 fully saturated rings. The van der Waals surface area contributed by atoms with Gasteiger partial charge in [0.15, 0.2) is 0 Å². The molecular formula is C17H23N3O2S. The Hall–Kier alpha value is -1.76. The fourth-order valence-electron chi connectivity index (χ4n) is 2.37. The van der Waals surface area contributed by atoms with Crippen molar-refractivity contribution in [2.24, 2.45) is 0 Å². The smallest absolute Gasteiger partial charge is 0.309 e. The summed E-state index contributed by atoms with van der Waals surface area (Å²) < 4.78 is 0.